The summed E-state index contributed by atoms with van der Waals surface area (Å²) in [5, 5.41) is 0.864. The van der Waals surface area contributed by atoms with Crippen LogP contribution in [0.3, 0.4) is 0 Å². The fourth-order valence-electron chi connectivity index (χ4n) is 1.92. The Morgan fingerprint density at radius 2 is 2.05 bits per heavy atom. The molecule has 19 heavy (non-hydrogen) atoms. The Morgan fingerprint density at radius 3 is 2.74 bits per heavy atom. The zero-order chi connectivity index (χ0) is 13.6. The molecule has 0 saturated heterocycles. The normalized spacial score (nSPS) is 14.7. The maximum absolute atomic E-state index is 12.0. The number of rotatable bonds is 2. The lowest BCUT2D eigenvalue weighted by atomic mass is 10.2. The molecule has 1 saturated carbocycles. The van der Waals surface area contributed by atoms with E-state index in [1.165, 1.54) is 0 Å². The second kappa shape index (κ2) is 5.07. The van der Waals surface area contributed by atoms with Gasteiger partial charge in [0.15, 0.2) is 0 Å². The van der Waals surface area contributed by atoms with E-state index < -0.39 is 0 Å². The number of H-pyrrole nitrogens is 1. The van der Waals surface area contributed by atoms with E-state index in [4.69, 9.17) is 23.2 Å². The van der Waals surface area contributed by atoms with Gasteiger partial charge in [-0.05, 0) is 47.6 Å². The van der Waals surface area contributed by atoms with Crippen molar-refractivity contribution in [2.45, 2.75) is 18.8 Å². The summed E-state index contributed by atoms with van der Waals surface area (Å²) in [6, 6.07) is 5.30. The summed E-state index contributed by atoms with van der Waals surface area (Å²) >= 11 is 14.2. The van der Waals surface area contributed by atoms with Crippen LogP contribution in [0.5, 0.6) is 0 Å². The average Bonchev–Trinajstić information content (AvgIpc) is 3.20. The molecule has 1 aromatic carbocycles. The van der Waals surface area contributed by atoms with Crippen molar-refractivity contribution in [3.63, 3.8) is 0 Å². The minimum absolute atomic E-state index is 0.122. The number of aromatic amines is 1. The van der Waals surface area contributed by atoms with Crippen molar-refractivity contribution >= 4 is 45.8 Å². The Balaban J connectivity index is 2.20. The molecule has 0 unspecified atom stereocenters. The minimum Gasteiger partial charge on any atom is -0.306 e. The summed E-state index contributed by atoms with van der Waals surface area (Å²) in [5.74, 6) is 0.894. The van der Waals surface area contributed by atoms with Crippen LogP contribution in [0.1, 0.15) is 24.5 Å². The van der Waals surface area contributed by atoms with Crippen molar-refractivity contribution in [1.29, 1.82) is 0 Å². The predicted octanol–water partition coefficient (Wildman–Crippen LogP) is 4.23. The summed E-state index contributed by atoms with van der Waals surface area (Å²) in [4.78, 5) is 19.3. The summed E-state index contributed by atoms with van der Waals surface area (Å²) in [5.41, 5.74) is 1.41. The van der Waals surface area contributed by atoms with Gasteiger partial charge in [-0.25, -0.2) is 4.98 Å². The molecule has 1 heterocycles. The van der Waals surface area contributed by atoms with E-state index >= 15 is 0 Å². The summed E-state index contributed by atoms with van der Waals surface area (Å²) in [6.07, 6.45) is 2.18. The van der Waals surface area contributed by atoms with Crippen LogP contribution >= 0.6 is 45.8 Å². The monoisotopic (exact) mass is 406 g/mol. The van der Waals surface area contributed by atoms with Crippen LogP contribution in [0.25, 0.3) is 11.4 Å². The molecule has 0 bridgehead atoms. The second-order valence-corrected chi connectivity index (χ2v) is 6.35. The Labute approximate surface area is 133 Å². The zero-order valence-corrected chi connectivity index (χ0v) is 13.4. The zero-order valence-electron chi connectivity index (χ0n) is 9.71. The Morgan fingerprint density at radius 1 is 1.32 bits per heavy atom. The lowest BCUT2D eigenvalue weighted by Crippen LogP contribution is -2.16. The van der Waals surface area contributed by atoms with Gasteiger partial charge in [0.25, 0.3) is 5.56 Å². The van der Waals surface area contributed by atoms with Gasteiger partial charge in [-0.15, -0.1) is 0 Å². The van der Waals surface area contributed by atoms with Crippen molar-refractivity contribution in [1.82, 2.24) is 9.97 Å². The molecule has 0 spiro atoms. The number of halogens is 3. The third-order valence-electron chi connectivity index (χ3n) is 3.06. The van der Waals surface area contributed by atoms with E-state index in [2.05, 4.69) is 9.97 Å². The van der Waals surface area contributed by atoms with E-state index in [-0.39, 0.29) is 5.56 Å². The Hall–Kier alpha value is -0.590. The van der Waals surface area contributed by atoms with E-state index in [1.54, 1.807) is 18.2 Å². The molecule has 0 aliphatic heterocycles. The molecule has 0 amide bonds. The average molecular weight is 407 g/mol. The molecule has 1 aliphatic rings. The number of nitrogens with zero attached hydrogens (tertiary/aromatic N) is 1. The third kappa shape index (κ3) is 2.53. The van der Waals surface area contributed by atoms with Crippen LogP contribution in [-0.4, -0.2) is 9.97 Å². The summed E-state index contributed by atoms with van der Waals surface area (Å²) < 4.78 is 0.669. The molecule has 1 aromatic heterocycles. The highest BCUT2D eigenvalue weighted by Gasteiger charge is 2.29. The first-order valence-corrected chi connectivity index (χ1v) is 7.65. The van der Waals surface area contributed by atoms with Crippen molar-refractivity contribution in [2.24, 2.45) is 0 Å². The lowest BCUT2D eigenvalue weighted by molar-refractivity contribution is 0.958. The van der Waals surface area contributed by atoms with Crippen LogP contribution in [0.4, 0.5) is 0 Å². The predicted molar refractivity (Wildman–Crippen MR) is 85.0 cm³/mol. The molecule has 0 radical (unpaired) electrons. The van der Waals surface area contributed by atoms with Gasteiger partial charge in [-0.2, -0.15) is 0 Å². The number of hydrogen-bond donors (Lipinski definition) is 1. The van der Waals surface area contributed by atoms with Gasteiger partial charge in [0.1, 0.15) is 5.82 Å². The molecule has 98 valence electrons. The smallest absolute Gasteiger partial charge is 0.264 e. The van der Waals surface area contributed by atoms with Crippen molar-refractivity contribution in [3.05, 3.63) is 47.9 Å². The largest absolute Gasteiger partial charge is 0.306 e. The van der Waals surface area contributed by atoms with Gasteiger partial charge in [0, 0.05) is 11.5 Å². The highest BCUT2D eigenvalue weighted by molar-refractivity contribution is 14.1. The fraction of sp³-hybridized carbons (Fsp3) is 0.231. The van der Waals surface area contributed by atoms with Gasteiger partial charge >= 0.3 is 0 Å². The number of aromatic nitrogens is 2. The molecule has 2 aromatic rings. The molecule has 1 aliphatic carbocycles. The third-order valence-corrected chi connectivity index (χ3v) is 4.92. The number of hydrogen-bond acceptors (Lipinski definition) is 2. The SMILES string of the molecule is O=c1[nH]c(-c2cccc(Cl)c2Cl)nc(C2CC2)c1I. The minimum atomic E-state index is -0.122. The van der Waals surface area contributed by atoms with Crippen LogP contribution in [0.15, 0.2) is 23.0 Å². The van der Waals surface area contributed by atoms with E-state index in [9.17, 15) is 4.79 Å². The fourth-order valence-corrected chi connectivity index (χ4v) is 3.00. The quantitative estimate of drug-likeness (QED) is 0.758. The lowest BCUT2D eigenvalue weighted by Gasteiger charge is -2.08. The van der Waals surface area contributed by atoms with Crippen molar-refractivity contribution < 1.29 is 0 Å². The van der Waals surface area contributed by atoms with Crippen molar-refractivity contribution in [2.75, 3.05) is 0 Å². The van der Waals surface area contributed by atoms with Gasteiger partial charge in [-0.3, -0.25) is 4.79 Å². The van der Waals surface area contributed by atoms with Crippen LogP contribution < -0.4 is 5.56 Å². The Kier molecular flexibility index (Phi) is 3.57. The van der Waals surface area contributed by atoms with E-state index in [1.807, 2.05) is 22.6 Å². The topological polar surface area (TPSA) is 45.8 Å². The first-order chi connectivity index (χ1) is 9.08. The highest BCUT2D eigenvalue weighted by Crippen LogP contribution is 2.41. The molecular formula is C13H9Cl2IN2O. The Bertz CT molecular complexity index is 710. The maximum Gasteiger partial charge on any atom is 0.264 e. The summed E-state index contributed by atoms with van der Waals surface area (Å²) in [6.45, 7) is 0. The number of nitrogens with one attached hydrogen (secondary N) is 1. The van der Waals surface area contributed by atoms with Crippen LogP contribution in [0, 0.1) is 3.57 Å². The van der Waals surface area contributed by atoms with E-state index in [0.29, 0.717) is 30.9 Å². The molecule has 0 atom stereocenters. The highest BCUT2D eigenvalue weighted by atomic mass is 127. The molecule has 6 heteroatoms. The van der Waals surface area contributed by atoms with Gasteiger partial charge < -0.3 is 4.98 Å². The first kappa shape index (κ1) is 13.4. The molecular weight excluding hydrogens is 398 g/mol. The first-order valence-electron chi connectivity index (χ1n) is 5.82. The molecule has 1 N–H and O–H groups in total. The second-order valence-electron chi connectivity index (χ2n) is 4.49. The molecule has 1 fully saturated rings. The van der Waals surface area contributed by atoms with Gasteiger partial charge in [0.05, 0.1) is 19.3 Å². The summed E-state index contributed by atoms with van der Waals surface area (Å²) in [7, 11) is 0. The van der Waals surface area contributed by atoms with Crippen molar-refractivity contribution in [3.8, 4) is 11.4 Å². The van der Waals surface area contributed by atoms with Gasteiger partial charge in [-0.1, -0.05) is 29.3 Å². The van der Waals surface area contributed by atoms with Crippen LogP contribution in [0.2, 0.25) is 10.0 Å². The number of benzene rings is 1. The van der Waals surface area contributed by atoms with Crippen LogP contribution in [-0.2, 0) is 0 Å². The maximum atomic E-state index is 12.0. The standard InChI is InChI=1S/C13H9Cl2IN2O/c14-8-3-1-2-7(9(8)15)12-17-11(6-4-5-6)10(16)13(19)18-12/h1-3,6H,4-5H2,(H,17,18,19). The van der Waals surface area contributed by atoms with Gasteiger partial charge in [0.2, 0.25) is 0 Å². The molecule has 3 nitrogen and oxygen atoms in total. The molecule has 3 rings (SSSR count). The van der Waals surface area contributed by atoms with E-state index in [0.717, 1.165) is 18.5 Å².